The van der Waals surface area contributed by atoms with Crippen molar-refractivity contribution in [3.63, 3.8) is 0 Å². The zero-order valence-electron chi connectivity index (χ0n) is 7.73. The molecule has 0 radical (unpaired) electrons. The molecule has 1 aromatic carbocycles. The van der Waals surface area contributed by atoms with Gasteiger partial charge in [0.25, 0.3) is 10.0 Å². The molecule has 1 amide bonds. The van der Waals surface area contributed by atoms with E-state index in [1.54, 1.807) is 10.8 Å². The number of ether oxygens (including phenoxy) is 1. The summed E-state index contributed by atoms with van der Waals surface area (Å²) in [6.07, 6.45) is -1.06. The average Bonchev–Trinajstić information content (AvgIpc) is 2.17. The Hall–Kier alpha value is -1.27. The summed E-state index contributed by atoms with van der Waals surface area (Å²) in [7, 11) is -2.89. The Morgan fingerprint density at radius 2 is 2.00 bits per heavy atom. The monoisotopic (exact) mass is 249 g/mol. The highest BCUT2D eigenvalue weighted by Gasteiger charge is 2.20. The molecule has 1 N–H and O–H groups in total. The first-order valence-electron chi connectivity index (χ1n) is 3.82. The molecular weight excluding hydrogens is 242 g/mol. The predicted molar refractivity (Wildman–Crippen MR) is 54.2 cm³/mol. The third-order valence-corrected chi connectivity index (χ3v) is 3.34. The van der Waals surface area contributed by atoms with Gasteiger partial charge in [0, 0.05) is 0 Å². The van der Waals surface area contributed by atoms with E-state index < -0.39 is 16.1 Å². The van der Waals surface area contributed by atoms with Crippen LogP contribution in [-0.2, 0) is 14.8 Å². The van der Waals surface area contributed by atoms with Gasteiger partial charge >= 0.3 is 6.09 Å². The fraction of sp³-hybridized carbons (Fsp3) is 0.125. The summed E-state index contributed by atoms with van der Waals surface area (Å²) in [4.78, 5) is 10.6. The Morgan fingerprint density at radius 3 is 2.53 bits per heavy atom. The summed E-state index contributed by atoms with van der Waals surface area (Å²) in [6.45, 7) is 0. The third kappa shape index (κ3) is 2.84. The molecule has 0 spiro atoms. The zero-order valence-corrected chi connectivity index (χ0v) is 9.30. The van der Waals surface area contributed by atoms with Crippen LogP contribution in [0.2, 0.25) is 5.02 Å². The molecule has 15 heavy (non-hydrogen) atoms. The lowest BCUT2D eigenvalue weighted by atomic mass is 10.4. The van der Waals surface area contributed by atoms with E-state index in [0.29, 0.717) is 0 Å². The van der Waals surface area contributed by atoms with Crippen LogP contribution in [-0.4, -0.2) is 21.6 Å². The molecule has 0 bridgehead atoms. The summed E-state index contributed by atoms with van der Waals surface area (Å²) < 4.78 is 28.9. The van der Waals surface area contributed by atoms with Crippen molar-refractivity contribution in [2.75, 3.05) is 7.11 Å². The number of sulfonamides is 1. The Morgan fingerprint density at radius 1 is 1.40 bits per heavy atom. The van der Waals surface area contributed by atoms with Crippen molar-refractivity contribution in [1.29, 1.82) is 0 Å². The molecule has 0 aliphatic carbocycles. The zero-order chi connectivity index (χ0) is 11.5. The lowest BCUT2D eigenvalue weighted by Gasteiger charge is -2.06. The van der Waals surface area contributed by atoms with Gasteiger partial charge in [-0.2, -0.15) is 0 Å². The molecule has 82 valence electrons. The van der Waals surface area contributed by atoms with Gasteiger partial charge in [-0.25, -0.2) is 17.9 Å². The highest BCUT2D eigenvalue weighted by Crippen LogP contribution is 2.19. The molecule has 0 aliphatic heterocycles. The first-order valence-corrected chi connectivity index (χ1v) is 5.69. The maximum absolute atomic E-state index is 11.5. The highest BCUT2D eigenvalue weighted by atomic mass is 35.5. The van der Waals surface area contributed by atoms with Gasteiger partial charge in [0.2, 0.25) is 0 Å². The van der Waals surface area contributed by atoms with E-state index in [1.165, 1.54) is 18.2 Å². The molecule has 5 nitrogen and oxygen atoms in total. The van der Waals surface area contributed by atoms with Crippen LogP contribution in [0.25, 0.3) is 0 Å². The third-order valence-electron chi connectivity index (χ3n) is 1.53. The number of hydrogen-bond acceptors (Lipinski definition) is 4. The maximum atomic E-state index is 11.5. The number of methoxy groups -OCH3 is 1. The van der Waals surface area contributed by atoms with Crippen LogP contribution in [0.1, 0.15) is 0 Å². The summed E-state index contributed by atoms with van der Waals surface area (Å²) in [6, 6.07) is 5.78. The number of halogens is 1. The molecule has 1 rings (SSSR count). The Labute approximate surface area is 92.1 Å². The normalized spacial score (nSPS) is 10.8. The van der Waals surface area contributed by atoms with Crippen LogP contribution >= 0.6 is 11.6 Å². The standard InChI is InChI=1S/C8H8ClNO4S/c1-14-8(11)10-15(12,13)7-5-3-2-4-6(7)9/h2-5H,1H3,(H,10,11). The van der Waals surface area contributed by atoms with Crippen LogP contribution in [0.5, 0.6) is 0 Å². The van der Waals surface area contributed by atoms with Crippen molar-refractivity contribution in [3.05, 3.63) is 29.3 Å². The fourth-order valence-electron chi connectivity index (χ4n) is 0.869. The molecule has 0 unspecified atom stereocenters. The van der Waals surface area contributed by atoms with Gasteiger partial charge < -0.3 is 4.74 Å². The molecular formula is C8H8ClNO4S. The van der Waals surface area contributed by atoms with Crippen LogP contribution in [0.3, 0.4) is 0 Å². The van der Waals surface area contributed by atoms with E-state index in [4.69, 9.17) is 11.6 Å². The van der Waals surface area contributed by atoms with Crippen molar-refractivity contribution in [1.82, 2.24) is 4.72 Å². The smallest absolute Gasteiger partial charge is 0.420 e. The molecule has 0 heterocycles. The summed E-state index contributed by atoms with van der Waals surface area (Å²) >= 11 is 5.66. The quantitative estimate of drug-likeness (QED) is 0.860. The van der Waals surface area contributed by atoms with Crippen LogP contribution in [0.4, 0.5) is 4.79 Å². The second kappa shape index (κ2) is 4.50. The van der Waals surface area contributed by atoms with Gasteiger partial charge in [-0.1, -0.05) is 23.7 Å². The Bertz CT molecular complexity index is 471. The molecule has 7 heteroatoms. The van der Waals surface area contributed by atoms with Crippen molar-refractivity contribution < 1.29 is 17.9 Å². The molecule has 0 aromatic heterocycles. The Kier molecular flexibility index (Phi) is 3.54. The minimum absolute atomic E-state index is 0.0360. The first kappa shape index (κ1) is 11.8. The largest absolute Gasteiger partial charge is 0.452 e. The minimum Gasteiger partial charge on any atom is -0.452 e. The van der Waals surface area contributed by atoms with E-state index in [-0.39, 0.29) is 9.92 Å². The van der Waals surface area contributed by atoms with Crippen molar-refractivity contribution >= 4 is 27.7 Å². The summed E-state index contributed by atoms with van der Waals surface area (Å²) in [5.74, 6) is 0. The highest BCUT2D eigenvalue weighted by molar-refractivity contribution is 7.90. The molecule has 0 fully saturated rings. The van der Waals surface area contributed by atoms with Crippen molar-refractivity contribution in [3.8, 4) is 0 Å². The molecule has 0 saturated carbocycles. The van der Waals surface area contributed by atoms with Crippen LogP contribution in [0, 0.1) is 0 Å². The minimum atomic E-state index is -3.96. The van der Waals surface area contributed by atoms with E-state index in [2.05, 4.69) is 4.74 Å². The number of benzene rings is 1. The Balaban J connectivity index is 3.07. The molecule has 0 saturated heterocycles. The SMILES string of the molecule is COC(=O)NS(=O)(=O)c1ccccc1Cl. The van der Waals surface area contributed by atoms with Crippen molar-refractivity contribution in [2.24, 2.45) is 0 Å². The number of rotatable bonds is 2. The van der Waals surface area contributed by atoms with Crippen molar-refractivity contribution in [2.45, 2.75) is 4.90 Å². The average molecular weight is 250 g/mol. The first-order chi connectivity index (χ1) is 6.97. The lowest BCUT2D eigenvalue weighted by molar-refractivity contribution is 0.177. The fourth-order valence-corrected chi connectivity index (χ4v) is 2.30. The predicted octanol–water partition coefficient (Wildman–Crippen LogP) is 1.38. The van der Waals surface area contributed by atoms with Crippen LogP contribution in [0.15, 0.2) is 29.2 Å². The molecule has 0 atom stereocenters. The topological polar surface area (TPSA) is 72.5 Å². The molecule has 1 aromatic rings. The maximum Gasteiger partial charge on any atom is 0.420 e. The van der Waals surface area contributed by atoms with Gasteiger partial charge in [-0.05, 0) is 12.1 Å². The van der Waals surface area contributed by atoms with E-state index in [9.17, 15) is 13.2 Å². The molecule has 0 aliphatic rings. The van der Waals surface area contributed by atoms with Gasteiger partial charge in [-0.15, -0.1) is 0 Å². The second-order valence-corrected chi connectivity index (χ2v) is 4.59. The van der Waals surface area contributed by atoms with Gasteiger partial charge in [-0.3, -0.25) is 0 Å². The van der Waals surface area contributed by atoms with Gasteiger partial charge in [0.1, 0.15) is 4.90 Å². The van der Waals surface area contributed by atoms with Crippen LogP contribution < -0.4 is 4.72 Å². The van der Waals surface area contributed by atoms with E-state index in [1.807, 2.05) is 0 Å². The number of carbonyl (C=O) groups excluding carboxylic acids is 1. The number of nitrogens with one attached hydrogen (secondary N) is 1. The lowest BCUT2D eigenvalue weighted by Crippen LogP contribution is -2.30. The van der Waals surface area contributed by atoms with Gasteiger partial charge in [0.15, 0.2) is 0 Å². The van der Waals surface area contributed by atoms with Gasteiger partial charge in [0.05, 0.1) is 12.1 Å². The number of amides is 1. The summed E-state index contributed by atoms with van der Waals surface area (Å²) in [5, 5.41) is 0.0360. The number of carbonyl (C=O) groups is 1. The van der Waals surface area contributed by atoms with E-state index in [0.717, 1.165) is 7.11 Å². The van der Waals surface area contributed by atoms with E-state index >= 15 is 0 Å². The summed E-state index contributed by atoms with van der Waals surface area (Å²) in [5.41, 5.74) is 0. The second-order valence-electron chi connectivity index (χ2n) is 2.53. The number of hydrogen-bond donors (Lipinski definition) is 1.